The van der Waals surface area contributed by atoms with Gasteiger partial charge in [0.1, 0.15) is 6.33 Å². The van der Waals surface area contributed by atoms with Crippen LogP contribution < -0.4 is 5.32 Å². The van der Waals surface area contributed by atoms with E-state index in [-0.39, 0.29) is 11.9 Å². The van der Waals surface area contributed by atoms with Gasteiger partial charge in [-0.25, -0.2) is 9.97 Å². The van der Waals surface area contributed by atoms with Crippen LogP contribution in [-0.4, -0.2) is 26.1 Å². The molecular weight excluding hydrogens is 394 g/mol. The van der Waals surface area contributed by atoms with Crippen molar-refractivity contribution in [1.82, 2.24) is 25.5 Å². The highest BCUT2D eigenvalue weighted by Crippen LogP contribution is 2.31. The Kier molecular flexibility index (Phi) is 5.04. The Hall–Kier alpha value is -3.06. The first-order valence-electron chi connectivity index (χ1n) is 10.4. The SMILES string of the molecule is CCC(NC(=O)c1cc2c(s1)CCCC2)c1ccc(-c2ncnc3[nH]ncc23)cc1. The van der Waals surface area contributed by atoms with E-state index in [9.17, 15) is 4.79 Å². The summed E-state index contributed by atoms with van der Waals surface area (Å²) in [6.45, 7) is 2.09. The van der Waals surface area contributed by atoms with Gasteiger partial charge >= 0.3 is 0 Å². The second-order valence-corrected chi connectivity index (χ2v) is 8.81. The molecule has 6 nitrogen and oxygen atoms in total. The number of amides is 1. The summed E-state index contributed by atoms with van der Waals surface area (Å²) in [5, 5.41) is 11.1. The molecule has 1 aromatic carbocycles. The second kappa shape index (κ2) is 7.99. The van der Waals surface area contributed by atoms with Gasteiger partial charge in [-0.2, -0.15) is 5.10 Å². The summed E-state index contributed by atoms with van der Waals surface area (Å²) in [5.74, 6) is 0.0289. The van der Waals surface area contributed by atoms with Crippen LogP contribution in [0.1, 0.15) is 57.9 Å². The normalized spacial score (nSPS) is 14.4. The number of nitrogens with zero attached hydrogens (tertiary/aromatic N) is 3. The number of fused-ring (bicyclic) bond motifs is 2. The van der Waals surface area contributed by atoms with Gasteiger partial charge in [0.15, 0.2) is 5.65 Å². The number of aryl methyl sites for hydroxylation is 2. The van der Waals surface area contributed by atoms with Crippen LogP contribution in [0.25, 0.3) is 22.3 Å². The number of rotatable bonds is 5. The van der Waals surface area contributed by atoms with Crippen molar-refractivity contribution in [2.24, 2.45) is 0 Å². The molecule has 0 aliphatic heterocycles. The van der Waals surface area contributed by atoms with Crippen molar-refractivity contribution < 1.29 is 4.79 Å². The molecule has 1 atom stereocenters. The number of hydrogen-bond donors (Lipinski definition) is 2. The van der Waals surface area contributed by atoms with Crippen LogP contribution >= 0.6 is 11.3 Å². The van der Waals surface area contributed by atoms with E-state index in [1.165, 1.54) is 23.3 Å². The zero-order valence-corrected chi connectivity index (χ0v) is 17.6. The van der Waals surface area contributed by atoms with E-state index >= 15 is 0 Å². The molecule has 1 aliphatic rings. The van der Waals surface area contributed by atoms with E-state index < -0.39 is 0 Å². The van der Waals surface area contributed by atoms with Gasteiger partial charge in [-0.1, -0.05) is 31.2 Å². The van der Waals surface area contributed by atoms with Crippen LogP contribution in [0.3, 0.4) is 0 Å². The first-order chi connectivity index (χ1) is 14.7. The van der Waals surface area contributed by atoms with E-state index in [2.05, 4.69) is 50.6 Å². The fraction of sp³-hybridized carbons (Fsp3) is 0.304. The molecule has 3 aromatic heterocycles. The highest BCUT2D eigenvalue weighted by atomic mass is 32.1. The van der Waals surface area contributed by atoms with Crippen molar-refractivity contribution in [3.05, 3.63) is 63.7 Å². The zero-order chi connectivity index (χ0) is 20.5. The van der Waals surface area contributed by atoms with E-state index in [0.29, 0.717) is 0 Å². The van der Waals surface area contributed by atoms with E-state index in [1.54, 1.807) is 23.9 Å². The fourth-order valence-corrected chi connectivity index (χ4v) is 5.28. The predicted octanol–water partition coefficient (Wildman–Crippen LogP) is 4.84. The minimum Gasteiger partial charge on any atom is -0.345 e. The summed E-state index contributed by atoms with van der Waals surface area (Å²) in [5.41, 5.74) is 5.03. The molecule has 30 heavy (non-hydrogen) atoms. The van der Waals surface area contributed by atoms with Crippen molar-refractivity contribution in [3.63, 3.8) is 0 Å². The molecule has 0 fully saturated rings. The van der Waals surface area contributed by atoms with Crippen molar-refractivity contribution in [3.8, 4) is 11.3 Å². The van der Waals surface area contributed by atoms with Crippen molar-refractivity contribution in [1.29, 1.82) is 0 Å². The van der Waals surface area contributed by atoms with Gasteiger partial charge in [-0.3, -0.25) is 9.89 Å². The average Bonchev–Trinajstić information content (AvgIpc) is 3.44. The number of carbonyl (C=O) groups is 1. The lowest BCUT2D eigenvalue weighted by molar-refractivity contribution is 0.0939. The van der Waals surface area contributed by atoms with Gasteiger partial charge in [0.05, 0.1) is 28.2 Å². The molecule has 0 spiro atoms. The van der Waals surface area contributed by atoms with Gasteiger partial charge < -0.3 is 5.32 Å². The maximum atomic E-state index is 12.9. The molecule has 0 saturated heterocycles. The van der Waals surface area contributed by atoms with Crippen LogP contribution in [0.4, 0.5) is 0 Å². The number of thiophene rings is 1. The highest BCUT2D eigenvalue weighted by molar-refractivity contribution is 7.14. The first-order valence-corrected chi connectivity index (χ1v) is 11.2. The molecule has 1 aliphatic carbocycles. The van der Waals surface area contributed by atoms with E-state index in [0.717, 1.165) is 52.0 Å². The van der Waals surface area contributed by atoms with Gasteiger partial charge in [-0.15, -0.1) is 11.3 Å². The molecule has 0 bridgehead atoms. The Labute approximate surface area is 178 Å². The third-order valence-corrected chi connectivity index (χ3v) is 7.00. The van der Waals surface area contributed by atoms with Gasteiger partial charge in [0.2, 0.25) is 0 Å². The number of hydrogen-bond acceptors (Lipinski definition) is 5. The van der Waals surface area contributed by atoms with E-state index in [1.807, 2.05) is 12.1 Å². The van der Waals surface area contributed by atoms with Crippen LogP contribution in [-0.2, 0) is 12.8 Å². The van der Waals surface area contributed by atoms with Crippen LogP contribution in [0.15, 0.2) is 42.9 Å². The standard InChI is InChI=1S/C23H23N5OS/c1-2-18(27-23(29)20-11-16-5-3-4-6-19(16)30-20)14-7-9-15(10-8-14)21-17-12-26-28-22(17)25-13-24-21/h7-13,18H,2-6H2,1H3,(H,27,29)(H,24,25,26,28). The molecule has 5 rings (SSSR count). The lowest BCUT2D eigenvalue weighted by Gasteiger charge is -2.17. The Morgan fingerprint density at radius 2 is 2.03 bits per heavy atom. The molecule has 4 aromatic rings. The number of aromatic nitrogens is 4. The number of aromatic amines is 1. The number of benzene rings is 1. The van der Waals surface area contributed by atoms with Crippen molar-refractivity contribution >= 4 is 28.3 Å². The number of H-pyrrole nitrogens is 1. The van der Waals surface area contributed by atoms with Gasteiger partial charge in [-0.05, 0) is 49.3 Å². The number of nitrogens with one attached hydrogen (secondary N) is 2. The van der Waals surface area contributed by atoms with Crippen molar-refractivity contribution in [2.75, 3.05) is 0 Å². The Morgan fingerprint density at radius 3 is 2.83 bits per heavy atom. The van der Waals surface area contributed by atoms with Crippen LogP contribution in [0.2, 0.25) is 0 Å². The maximum absolute atomic E-state index is 12.9. The molecule has 2 N–H and O–H groups in total. The monoisotopic (exact) mass is 417 g/mol. The van der Waals surface area contributed by atoms with Gasteiger partial charge in [0.25, 0.3) is 5.91 Å². The summed E-state index contributed by atoms with van der Waals surface area (Å²) in [6, 6.07) is 10.3. The maximum Gasteiger partial charge on any atom is 0.261 e. The first kappa shape index (κ1) is 18.9. The molecular formula is C23H23N5OS. The fourth-order valence-electron chi connectivity index (χ4n) is 4.12. The summed E-state index contributed by atoms with van der Waals surface area (Å²) < 4.78 is 0. The summed E-state index contributed by atoms with van der Waals surface area (Å²) in [7, 11) is 0. The molecule has 152 valence electrons. The van der Waals surface area contributed by atoms with E-state index in [4.69, 9.17) is 0 Å². The Balaban J connectivity index is 1.35. The minimum atomic E-state index is -0.0231. The molecule has 1 unspecified atom stereocenters. The summed E-state index contributed by atoms with van der Waals surface area (Å²) >= 11 is 1.66. The summed E-state index contributed by atoms with van der Waals surface area (Å²) in [6.07, 6.45) is 8.79. The van der Waals surface area contributed by atoms with Crippen LogP contribution in [0.5, 0.6) is 0 Å². The van der Waals surface area contributed by atoms with Crippen molar-refractivity contribution in [2.45, 2.75) is 45.1 Å². The third kappa shape index (κ3) is 3.50. The van der Waals surface area contributed by atoms with Crippen LogP contribution in [0, 0.1) is 0 Å². The minimum absolute atomic E-state index is 0.0231. The average molecular weight is 418 g/mol. The second-order valence-electron chi connectivity index (χ2n) is 7.68. The third-order valence-electron chi connectivity index (χ3n) is 5.77. The Bertz CT molecular complexity index is 1170. The zero-order valence-electron chi connectivity index (χ0n) is 16.8. The number of carbonyl (C=O) groups excluding carboxylic acids is 1. The molecule has 1 amide bonds. The largest absolute Gasteiger partial charge is 0.345 e. The smallest absolute Gasteiger partial charge is 0.261 e. The molecule has 7 heteroatoms. The lowest BCUT2D eigenvalue weighted by Crippen LogP contribution is -2.27. The quantitative estimate of drug-likeness (QED) is 0.487. The molecule has 3 heterocycles. The predicted molar refractivity (Wildman–Crippen MR) is 119 cm³/mol. The molecule has 0 saturated carbocycles. The Morgan fingerprint density at radius 1 is 1.20 bits per heavy atom. The topological polar surface area (TPSA) is 83.6 Å². The summed E-state index contributed by atoms with van der Waals surface area (Å²) in [4.78, 5) is 23.7. The lowest BCUT2D eigenvalue weighted by atomic mass is 9.99. The van der Waals surface area contributed by atoms with Gasteiger partial charge in [0, 0.05) is 10.4 Å². The highest BCUT2D eigenvalue weighted by Gasteiger charge is 2.20. The molecule has 0 radical (unpaired) electrons.